The maximum absolute atomic E-state index is 13.6. The predicted molar refractivity (Wildman–Crippen MR) is 141 cm³/mol. The molecule has 2 aromatic carbocycles. The van der Waals surface area contributed by atoms with Crippen LogP contribution in [-0.2, 0) is 16.2 Å². The number of anilines is 1. The van der Waals surface area contributed by atoms with E-state index in [4.69, 9.17) is 16.3 Å². The van der Waals surface area contributed by atoms with Crippen molar-refractivity contribution >= 4 is 33.2 Å². The van der Waals surface area contributed by atoms with Crippen molar-refractivity contribution in [2.45, 2.75) is 30.6 Å². The topological polar surface area (TPSA) is 101 Å². The minimum absolute atomic E-state index is 0.00347. The van der Waals surface area contributed by atoms with Crippen LogP contribution in [0.4, 0.5) is 27.6 Å². The van der Waals surface area contributed by atoms with Gasteiger partial charge >= 0.3 is 6.18 Å². The van der Waals surface area contributed by atoms with E-state index in [1.165, 1.54) is 19.1 Å². The van der Waals surface area contributed by atoms with Gasteiger partial charge in [-0.05, 0) is 61.9 Å². The number of aromatic nitrogens is 1. The van der Waals surface area contributed by atoms with E-state index in [0.29, 0.717) is 25.6 Å². The van der Waals surface area contributed by atoms with Crippen molar-refractivity contribution in [2.24, 2.45) is 0 Å². The van der Waals surface area contributed by atoms with Crippen LogP contribution in [-0.4, -0.2) is 56.6 Å². The lowest BCUT2D eigenvalue weighted by Gasteiger charge is -2.17. The third kappa shape index (κ3) is 7.50. The Hall–Kier alpha value is -3.33. The third-order valence-electron chi connectivity index (χ3n) is 6.24. The fraction of sp³-hybridized carbons (Fsp3) is 0.308. The number of carbonyl (C=O) groups is 1. The maximum atomic E-state index is 13.6. The lowest BCUT2D eigenvalue weighted by molar-refractivity contribution is -0.137. The fourth-order valence-corrected chi connectivity index (χ4v) is 5.75. The first-order chi connectivity index (χ1) is 19.3. The van der Waals surface area contributed by atoms with Crippen molar-refractivity contribution in [1.29, 1.82) is 0 Å². The van der Waals surface area contributed by atoms with Crippen molar-refractivity contribution in [3.8, 4) is 11.5 Å². The second kappa shape index (κ2) is 12.3. The minimum atomic E-state index is -4.87. The lowest BCUT2D eigenvalue weighted by Crippen LogP contribution is -2.37. The third-order valence-corrected chi connectivity index (χ3v) is 7.97. The number of likely N-dealkylation sites (tertiary alicyclic amines) is 1. The SMILES string of the molecule is Cc1cc(F)ccc1Oc1cc(C(F)(F)F)c(Cl)cc1C(=O)Nc1ccnc(S(=O)(=O)N[C@H]2CCN(CCF)C2)c1. The average Bonchev–Trinajstić information content (AvgIpc) is 3.32. The molecule has 0 aliphatic carbocycles. The highest BCUT2D eigenvalue weighted by Crippen LogP contribution is 2.40. The summed E-state index contributed by atoms with van der Waals surface area (Å²) in [6, 6.07) is 6.57. The van der Waals surface area contributed by atoms with Crippen LogP contribution in [0, 0.1) is 12.7 Å². The summed E-state index contributed by atoms with van der Waals surface area (Å²) in [4.78, 5) is 18.8. The van der Waals surface area contributed by atoms with Crippen LogP contribution in [0.2, 0.25) is 5.02 Å². The summed E-state index contributed by atoms with van der Waals surface area (Å²) in [6.45, 7) is 1.96. The molecular formula is C26H24ClF5N4O4S. The summed E-state index contributed by atoms with van der Waals surface area (Å²) in [5, 5.41) is 1.24. The first-order valence-electron chi connectivity index (χ1n) is 12.2. The van der Waals surface area contributed by atoms with E-state index in [0.717, 1.165) is 30.5 Å². The molecule has 1 aromatic heterocycles. The van der Waals surface area contributed by atoms with Crippen LogP contribution in [0.3, 0.4) is 0 Å². The molecule has 0 saturated carbocycles. The fourth-order valence-electron chi connectivity index (χ4n) is 4.24. The van der Waals surface area contributed by atoms with E-state index in [2.05, 4.69) is 15.0 Å². The van der Waals surface area contributed by atoms with Gasteiger partial charge < -0.3 is 10.1 Å². The maximum Gasteiger partial charge on any atom is 0.417 e. The van der Waals surface area contributed by atoms with Crippen LogP contribution in [0.25, 0.3) is 0 Å². The van der Waals surface area contributed by atoms with Gasteiger partial charge in [-0.25, -0.2) is 26.9 Å². The Labute approximate surface area is 237 Å². The molecule has 4 rings (SSSR count). The number of carbonyl (C=O) groups excluding carboxylic acids is 1. The Morgan fingerprint density at radius 1 is 1.17 bits per heavy atom. The molecule has 0 spiro atoms. The number of aryl methyl sites for hydroxylation is 1. The molecule has 8 nitrogen and oxygen atoms in total. The molecule has 1 amide bonds. The standard InChI is InChI=1S/C26H24ClF5N4O4S/c1-15-10-16(29)2-3-22(15)40-23-13-20(26(30,31)32)21(27)12-19(23)25(37)34-17-4-7-33-24(11-17)41(38,39)35-18-5-8-36(14-18)9-6-28/h2-4,7,10-13,18,35H,5-6,8-9,14H2,1H3,(H,33,34,37)/t18-/m0/s1. The highest BCUT2D eigenvalue weighted by molar-refractivity contribution is 7.89. The van der Waals surface area contributed by atoms with Crippen LogP contribution < -0.4 is 14.8 Å². The second-order valence-electron chi connectivity index (χ2n) is 9.27. The molecule has 1 saturated heterocycles. The number of benzene rings is 2. The first-order valence-corrected chi connectivity index (χ1v) is 14.1. The van der Waals surface area contributed by atoms with Crippen molar-refractivity contribution in [3.05, 3.63) is 76.2 Å². The normalized spacial score (nSPS) is 16.1. The van der Waals surface area contributed by atoms with Gasteiger partial charge in [0.05, 0.1) is 16.1 Å². The zero-order chi connectivity index (χ0) is 29.9. The molecule has 2 N–H and O–H groups in total. The van der Waals surface area contributed by atoms with Crippen LogP contribution in [0.5, 0.6) is 11.5 Å². The molecule has 3 aromatic rings. The van der Waals surface area contributed by atoms with E-state index in [1.807, 2.05) is 0 Å². The van der Waals surface area contributed by atoms with E-state index in [9.17, 15) is 35.2 Å². The number of nitrogens with zero attached hydrogens (tertiary/aromatic N) is 2. The van der Waals surface area contributed by atoms with E-state index in [1.54, 1.807) is 4.90 Å². The second-order valence-corrected chi connectivity index (χ2v) is 11.3. The Kier molecular flexibility index (Phi) is 9.16. The quantitative estimate of drug-likeness (QED) is 0.304. The molecule has 1 atom stereocenters. The van der Waals surface area contributed by atoms with Gasteiger partial charge in [0.15, 0.2) is 5.03 Å². The van der Waals surface area contributed by atoms with Gasteiger partial charge in [-0.3, -0.25) is 9.69 Å². The summed E-state index contributed by atoms with van der Waals surface area (Å²) in [6.07, 6.45) is -3.26. The van der Waals surface area contributed by atoms with Gasteiger partial charge in [-0.2, -0.15) is 13.2 Å². The molecule has 1 fully saturated rings. The Morgan fingerprint density at radius 2 is 1.93 bits per heavy atom. The predicted octanol–water partition coefficient (Wildman–Crippen LogP) is 5.57. The smallest absolute Gasteiger partial charge is 0.417 e. The Balaban J connectivity index is 1.60. The van der Waals surface area contributed by atoms with Crippen LogP contribution in [0.15, 0.2) is 53.7 Å². The molecular weight excluding hydrogens is 595 g/mol. The summed E-state index contributed by atoms with van der Waals surface area (Å²) >= 11 is 5.86. The number of amides is 1. The number of ether oxygens (including phenoxy) is 1. The Bertz CT molecular complexity index is 1560. The van der Waals surface area contributed by atoms with E-state index < -0.39 is 67.6 Å². The Morgan fingerprint density at radius 3 is 2.61 bits per heavy atom. The van der Waals surface area contributed by atoms with E-state index in [-0.39, 0.29) is 23.5 Å². The van der Waals surface area contributed by atoms with E-state index >= 15 is 0 Å². The van der Waals surface area contributed by atoms with Gasteiger partial charge in [-0.1, -0.05) is 11.6 Å². The molecule has 1 aliphatic heterocycles. The van der Waals surface area contributed by atoms with Crippen LogP contribution in [0.1, 0.15) is 27.9 Å². The number of pyridine rings is 1. The van der Waals surface area contributed by atoms with Crippen LogP contribution >= 0.6 is 11.6 Å². The molecule has 220 valence electrons. The number of halogens is 6. The zero-order valence-corrected chi connectivity index (χ0v) is 23.0. The minimum Gasteiger partial charge on any atom is -0.456 e. The molecule has 0 unspecified atom stereocenters. The van der Waals surface area contributed by atoms with Crippen molar-refractivity contribution in [2.75, 3.05) is 31.6 Å². The monoisotopic (exact) mass is 618 g/mol. The zero-order valence-electron chi connectivity index (χ0n) is 21.4. The molecule has 41 heavy (non-hydrogen) atoms. The molecule has 0 bridgehead atoms. The van der Waals surface area contributed by atoms with Gasteiger partial charge in [0.25, 0.3) is 15.9 Å². The van der Waals surface area contributed by atoms with Gasteiger partial charge in [-0.15, -0.1) is 0 Å². The van der Waals surface area contributed by atoms with Gasteiger partial charge in [0.2, 0.25) is 0 Å². The largest absolute Gasteiger partial charge is 0.456 e. The summed E-state index contributed by atoms with van der Waals surface area (Å²) in [5.41, 5.74) is -1.43. The van der Waals surface area contributed by atoms with Gasteiger partial charge in [0, 0.05) is 37.1 Å². The highest BCUT2D eigenvalue weighted by atomic mass is 35.5. The molecule has 0 radical (unpaired) electrons. The average molecular weight is 619 g/mol. The van der Waals surface area contributed by atoms with Crippen molar-refractivity contribution in [1.82, 2.24) is 14.6 Å². The molecule has 15 heteroatoms. The molecule has 1 aliphatic rings. The summed E-state index contributed by atoms with van der Waals surface area (Å²) in [7, 11) is -4.13. The number of alkyl halides is 4. The summed E-state index contributed by atoms with van der Waals surface area (Å²) < 4.78 is 101. The highest BCUT2D eigenvalue weighted by Gasteiger charge is 2.35. The number of hydrogen-bond donors (Lipinski definition) is 2. The van der Waals surface area contributed by atoms with Crippen molar-refractivity contribution < 1.29 is 39.9 Å². The lowest BCUT2D eigenvalue weighted by atomic mass is 10.1. The number of nitrogens with one attached hydrogen (secondary N) is 2. The van der Waals surface area contributed by atoms with Crippen molar-refractivity contribution in [3.63, 3.8) is 0 Å². The number of hydrogen-bond acceptors (Lipinski definition) is 6. The molecule has 2 heterocycles. The number of rotatable bonds is 9. The number of sulfonamides is 1. The van der Waals surface area contributed by atoms with Gasteiger partial charge in [0.1, 0.15) is 24.0 Å². The summed E-state index contributed by atoms with van der Waals surface area (Å²) in [5.74, 6) is -2.08. The first kappa shape index (κ1) is 30.6.